The van der Waals surface area contributed by atoms with E-state index in [1.54, 1.807) is 20.8 Å². The summed E-state index contributed by atoms with van der Waals surface area (Å²) in [6, 6.07) is 8.13. The van der Waals surface area contributed by atoms with Crippen LogP contribution in [0, 0.1) is 5.82 Å². The zero-order chi connectivity index (χ0) is 22.5. The second-order valence-corrected chi connectivity index (χ2v) is 7.23. The lowest BCUT2D eigenvalue weighted by atomic mass is 10.1. The predicted octanol–water partition coefficient (Wildman–Crippen LogP) is 5.25. The largest absolute Gasteiger partial charge is 0.573 e. The highest BCUT2D eigenvalue weighted by molar-refractivity contribution is 5.98. The number of hydrogen-bond donors (Lipinski definition) is 2. The minimum Gasteiger partial charge on any atom is -0.444 e. The van der Waals surface area contributed by atoms with Crippen molar-refractivity contribution in [2.75, 3.05) is 10.6 Å². The third kappa shape index (κ3) is 7.98. The molecular formula is C20H20F4N2O4. The highest BCUT2D eigenvalue weighted by Gasteiger charge is 2.31. The number of amides is 2. The minimum atomic E-state index is -4.81. The van der Waals surface area contributed by atoms with Crippen LogP contribution in [0.4, 0.5) is 33.7 Å². The first-order chi connectivity index (χ1) is 13.8. The molecule has 2 N–H and O–H groups in total. The third-order valence-electron chi connectivity index (χ3n) is 3.41. The van der Waals surface area contributed by atoms with E-state index in [4.69, 9.17) is 4.74 Å². The van der Waals surface area contributed by atoms with Crippen LogP contribution in [0.5, 0.6) is 5.75 Å². The summed E-state index contributed by atoms with van der Waals surface area (Å²) in [5, 5.41) is 4.89. The van der Waals surface area contributed by atoms with E-state index < -0.39 is 35.5 Å². The lowest BCUT2D eigenvalue weighted by Crippen LogP contribution is -2.27. The number of benzene rings is 2. The first-order valence-corrected chi connectivity index (χ1v) is 8.75. The average Bonchev–Trinajstić information content (AvgIpc) is 2.56. The Morgan fingerprint density at radius 3 is 2.13 bits per heavy atom. The van der Waals surface area contributed by atoms with Gasteiger partial charge in [0.1, 0.15) is 17.2 Å². The standard InChI is InChI=1S/C20H20F4N2O4/c1-19(2,3)30-18(28)26-15-9-6-13(21)11-16(15)25-17(27)10-12-4-7-14(8-5-12)29-20(22,23)24/h4-9,11H,10H2,1-3H3,(H,25,27)(H,26,28). The average molecular weight is 428 g/mol. The molecule has 0 saturated carbocycles. The molecule has 2 amide bonds. The van der Waals surface area contributed by atoms with E-state index in [0.29, 0.717) is 5.56 Å². The molecule has 0 fully saturated rings. The summed E-state index contributed by atoms with van der Waals surface area (Å²) in [5.41, 5.74) is -0.230. The zero-order valence-corrected chi connectivity index (χ0v) is 16.4. The number of halogens is 4. The summed E-state index contributed by atoms with van der Waals surface area (Å²) in [4.78, 5) is 24.2. The smallest absolute Gasteiger partial charge is 0.444 e. The van der Waals surface area contributed by atoms with E-state index in [0.717, 1.165) is 24.3 Å². The number of alkyl halides is 3. The molecule has 0 bridgehead atoms. The predicted molar refractivity (Wildman–Crippen MR) is 102 cm³/mol. The third-order valence-corrected chi connectivity index (χ3v) is 3.41. The second kappa shape index (κ2) is 9.02. The Hall–Kier alpha value is -3.30. The number of carbonyl (C=O) groups is 2. The van der Waals surface area contributed by atoms with Gasteiger partial charge in [0.15, 0.2) is 0 Å². The highest BCUT2D eigenvalue weighted by Crippen LogP contribution is 2.25. The molecule has 0 heterocycles. The van der Waals surface area contributed by atoms with Gasteiger partial charge in [0.05, 0.1) is 17.8 Å². The van der Waals surface area contributed by atoms with Crippen molar-refractivity contribution < 1.29 is 36.6 Å². The SMILES string of the molecule is CC(C)(C)OC(=O)Nc1ccc(F)cc1NC(=O)Cc1ccc(OC(F)(F)F)cc1. The van der Waals surface area contributed by atoms with E-state index in [1.807, 2.05) is 0 Å². The Balaban J connectivity index is 2.05. The number of nitrogens with one attached hydrogen (secondary N) is 2. The topological polar surface area (TPSA) is 76.7 Å². The summed E-state index contributed by atoms with van der Waals surface area (Å²) in [5.74, 6) is -1.63. The molecular weight excluding hydrogens is 408 g/mol. The monoisotopic (exact) mass is 428 g/mol. The molecule has 0 aromatic heterocycles. The van der Waals surface area contributed by atoms with Gasteiger partial charge in [0.25, 0.3) is 0 Å². The maximum atomic E-state index is 13.6. The normalized spacial score (nSPS) is 11.6. The van der Waals surface area contributed by atoms with Crippen LogP contribution in [-0.2, 0) is 16.0 Å². The summed E-state index contributed by atoms with van der Waals surface area (Å²) in [6.07, 6.45) is -5.80. The molecule has 162 valence electrons. The molecule has 0 aliphatic rings. The fourth-order valence-electron chi connectivity index (χ4n) is 2.33. The van der Waals surface area contributed by atoms with Gasteiger partial charge in [0.2, 0.25) is 5.91 Å². The Bertz CT molecular complexity index is 907. The van der Waals surface area contributed by atoms with Crippen molar-refractivity contribution in [3.63, 3.8) is 0 Å². The van der Waals surface area contributed by atoms with Gasteiger partial charge in [-0.3, -0.25) is 10.1 Å². The highest BCUT2D eigenvalue weighted by atomic mass is 19.4. The fraction of sp³-hybridized carbons (Fsp3) is 0.300. The van der Waals surface area contributed by atoms with Crippen molar-refractivity contribution in [3.05, 3.63) is 53.8 Å². The number of ether oxygens (including phenoxy) is 2. The van der Waals surface area contributed by atoms with Gasteiger partial charge in [-0.1, -0.05) is 12.1 Å². The van der Waals surface area contributed by atoms with Crippen LogP contribution < -0.4 is 15.4 Å². The molecule has 0 aliphatic carbocycles. The second-order valence-electron chi connectivity index (χ2n) is 7.23. The minimum absolute atomic E-state index is 0.00267. The van der Waals surface area contributed by atoms with Gasteiger partial charge in [0, 0.05) is 0 Å². The molecule has 0 saturated heterocycles. The number of carbonyl (C=O) groups excluding carboxylic acids is 2. The van der Waals surface area contributed by atoms with Crippen LogP contribution in [0.15, 0.2) is 42.5 Å². The Morgan fingerprint density at radius 1 is 0.933 bits per heavy atom. The van der Waals surface area contributed by atoms with E-state index in [1.165, 1.54) is 18.2 Å². The number of rotatable bonds is 5. The lowest BCUT2D eigenvalue weighted by molar-refractivity contribution is -0.274. The van der Waals surface area contributed by atoms with Crippen molar-refractivity contribution in [3.8, 4) is 5.75 Å². The van der Waals surface area contributed by atoms with Crippen LogP contribution in [0.25, 0.3) is 0 Å². The van der Waals surface area contributed by atoms with E-state index in [2.05, 4.69) is 15.4 Å². The maximum Gasteiger partial charge on any atom is 0.573 e. The Labute approximate surface area is 170 Å². The van der Waals surface area contributed by atoms with Crippen molar-refractivity contribution in [1.82, 2.24) is 0 Å². The van der Waals surface area contributed by atoms with E-state index in [-0.39, 0.29) is 17.8 Å². The first kappa shape index (κ1) is 23.0. The Morgan fingerprint density at radius 2 is 1.57 bits per heavy atom. The van der Waals surface area contributed by atoms with Crippen LogP contribution in [0.3, 0.4) is 0 Å². The fourth-order valence-corrected chi connectivity index (χ4v) is 2.33. The van der Waals surface area contributed by atoms with Crippen molar-refractivity contribution in [2.45, 2.75) is 39.2 Å². The Kier molecular flexibility index (Phi) is 6.91. The van der Waals surface area contributed by atoms with Crippen LogP contribution in [0.2, 0.25) is 0 Å². The molecule has 30 heavy (non-hydrogen) atoms. The van der Waals surface area contributed by atoms with Crippen LogP contribution in [0.1, 0.15) is 26.3 Å². The molecule has 2 rings (SSSR count). The van der Waals surface area contributed by atoms with E-state index >= 15 is 0 Å². The molecule has 0 aliphatic heterocycles. The summed E-state index contributed by atoms with van der Waals surface area (Å²) in [7, 11) is 0. The molecule has 0 unspecified atom stereocenters. The number of anilines is 2. The first-order valence-electron chi connectivity index (χ1n) is 8.75. The van der Waals surface area contributed by atoms with Gasteiger partial charge in [-0.25, -0.2) is 9.18 Å². The molecule has 0 spiro atoms. The zero-order valence-electron chi connectivity index (χ0n) is 16.4. The van der Waals surface area contributed by atoms with Gasteiger partial charge in [-0.2, -0.15) is 0 Å². The van der Waals surface area contributed by atoms with Gasteiger partial charge in [-0.05, 0) is 56.7 Å². The molecule has 2 aromatic rings. The van der Waals surface area contributed by atoms with Crippen molar-refractivity contribution >= 4 is 23.4 Å². The quantitative estimate of drug-likeness (QED) is 0.638. The van der Waals surface area contributed by atoms with Crippen molar-refractivity contribution in [1.29, 1.82) is 0 Å². The molecule has 2 aromatic carbocycles. The molecule has 0 radical (unpaired) electrons. The van der Waals surface area contributed by atoms with Gasteiger partial charge in [-0.15, -0.1) is 13.2 Å². The molecule has 6 nitrogen and oxygen atoms in total. The lowest BCUT2D eigenvalue weighted by Gasteiger charge is -2.20. The van der Waals surface area contributed by atoms with Gasteiger partial charge >= 0.3 is 12.5 Å². The number of hydrogen-bond acceptors (Lipinski definition) is 4. The molecule has 0 atom stereocenters. The summed E-state index contributed by atoms with van der Waals surface area (Å²) < 4.78 is 59.1. The maximum absolute atomic E-state index is 13.6. The molecule has 10 heteroatoms. The van der Waals surface area contributed by atoms with Crippen molar-refractivity contribution in [2.24, 2.45) is 0 Å². The van der Waals surface area contributed by atoms with Crippen LogP contribution >= 0.6 is 0 Å². The summed E-state index contributed by atoms with van der Waals surface area (Å²) >= 11 is 0. The van der Waals surface area contributed by atoms with Gasteiger partial charge < -0.3 is 14.8 Å². The van der Waals surface area contributed by atoms with Crippen LogP contribution in [-0.4, -0.2) is 24.0 Å². The summed E-state index contributed by atoms with van der Waals surface area (Å²) in [6.45, 7) is 5.01. The van der Waals surface area contributed by atoms with E-state index in [9.17, 15) is 27.2 Å².